The molecule has 10 fully saturated rings. The first kappa shape index (κ1) is 37.5. The minimum absolute atomic E-state index is 0.0600. The van der Waals surface area contributed by atoms with E-state index < -0.39 is 41.3 Å². The predicted molar refractivity (Wildman–Crippen MR) is 191 cm³/mol. The Morgan fingerprint density at radius 2 is 1.28 bits per heavy atom. The van der Waals surface area contributed by atoms with Crippen molar-refractivity contribution in [1.29, 1.82) is 0 Å². The number of aromatic nitrogens is 1. The summed E-state index contributed by atoms with van der Waals surface area (Å²) in [6.45, 7) is 13.3. The van der Waals surface area contributed by atoms with Gasteiger partial charge in [-0.3, -0.25) is 0 Å². The fourth-order valence-corrected chi connectivity index (χ4v) is 12.6. The molecule has 0 N–H and O–H groups in total. The zero-order chi connectivity index (χ0) is 37.1. The van der Waals surface area contributed by atoms with Gasteiger partial charge in [0, 0.05) is 30.9 Å². The van der Waals surface area contributed by atoms with Gasteiger partial charge in [0.2, 0.25) is 11.6 Å². The molecule has 1 aromatic heterocycles. The Morgan fingerprint density at radius 3 is 1.79 bits per heavy atom. The summed E-state index contributed by atoms with van der Waals surface area (Å²) >= 11 is 12.6. The summed E-state index contributed by atoms with van der Waals surface area (Å²) in [5, 5.41) is 0.138. The van der Waals surface area contributed by atoms with E-state index in [1.54, 1.807) is 0 Å². The van der Waals surface area contributed by atoms with Gasteiger partial charge in [-0.25, -0.2) is 29.3 Å². The SMILES string of the molecule is C[C@H]1[C@@H](CC(COC(=O)c2ccnc(Cl)c2Cl)C[C@H]2O[C@@H]3O[C@@]4(C)CC[C@H]5[C@H](C)CC[C@@H]([C@H]2C)[C@@]35OO4)O[C@@H]2O[C@@]3(C)CC[C@H]4[C@H](C)CC[C@@H]1[C@@]24OO3. The molecule has 0 aromatic carbocycles. The molecule has 0 amide bonds. The summed E-state index contributed by atoms with van der Waals surface area (Å²) in [5.74, 6) is -0.221. The maximum absolute atomic E-state index is 13.5. The number of fused-ring (bicyclic) bond motifs is 4. The highest BCUT2D eigenvalue weighted by atomic mass is 35.5. The highest BCUT2D eigenvalue weighted by Gasteiger charge is 2.71. The summed E-state index contributed by atoms with van der Waals surface area (Å²) in [4.78, 5) is 42.5. The Kier molecular flexibility index (Phi) is 9.53. The van der Waals surface area contributed by atoms with Crippen LogP contribution in [0.1, 0.15) is 116 Å². The first-order chi connectivity index (χ1) is 25.3. The molecule has 53 heavy (non-hydrogen) atoms. The second-order valence-electron chi connectivity index (χ2n) is 18.3. The van der Waals surface area contributed by atoms with E-state index in [1.807, 2.05) is 13.8 Å². The Bertz CT molecular complexity index is 1510. The molecule has 2 aliphatic carbocycles. The number of ether oxygens (including phenoxy) is 5. The summed E-state index contributed by atoms with van der Waals surface area (Å²) < 4.78 is 33.6. The molecule has 8 aliphatic heterocycles. The lowest BCUT2D eigenvalue weighted by atomic mass is 9.56. The van der Waals surface area contributed by atoms with Crippen molar-refractivity contribution in [1.82, 2.24) is 4.98 Å². The van der Waals surface area contributed by atoms with Crippen LogP contribution < -0.4 is 0 Å². The Hall–Kier alpha value is -1.12. The van der Waals surface area contributed by atoms with E-state index in [0.717, 1.165) is 51.4 Å². The normalized spacial score (nSPS) is 50.3. The lowest BCUT2D eigenvalue weighted by Crippen LogP contribution is -2.70. The third kappa shape index (κ3) is 5.87. The monoisotopic (exact) mass is 779 g/mol. The van der Waals surface area contributed by atoms with Crippen LogP contribution in [0.25, 0.3) is 0 Å². The highest BCUT2D eigenvalue weighted by molar-refractivity contribution is 6.42. The fraction of sp³-hybridized carbons (Fsp3) is 0.850. The van der Waals surface area contributed by atoms with E-state index in [9.17, 15) is 4.79 Å². The third-order valence-corrected chi connectivity index (χ3v) is 16.0. The van der Waals surface area contributed by atoms with Crippen molar-refractivity contribution in [2.75, 3.05) is 6.61 Å². The molecule has 294 valence electrons. The molecule has 0 radical (unpaired) electrons. The van der Waals surface area contributed by atoms with Crippen molar-refractivity contribution in [2.24, 2.45) is 53.3 Å². The molecule has 16 atom stereocenters. The van der Waals surface area contributed by atoms with E-state index in [1.165, 1.54) is 12.3 Å². The Morgan fingerprint density at radius 1 is 0.774 bits per heavy atom. The van der Waals surface area contributed by atoms with Gasteiger partial charge in [0.15, 0.2) is 23.8 Å². The molecule has 1 aromatic rings. The minimum atomic E-state index is -0.861. The molecular formula is C40H55Cl2NO10. The molecule has 11 rings (SSSR count). The maximum Gasteiger partial charge on any atom is 0.339 e. The van der Waals surface area contributed by atoms with Crippen LogP contribution in [-0.2, 0) is 43.2 Å². The van der Waals surface area contributed by atoms with Crippen molar-refractivity contribution >= 4 is 29.2 Å². The molecule has 2 spiro atoms. The lowest BCUT2D eigenvalue weighted by molar-refractivity contribution is -0.571. The van der Waals surface area contributed by atoms with Crippen molar-refractivity contribution < 1.29 is 48.0 Å². The number of carbonyl (C=O) groups excluding carboxylic acids is 1. The van der Waals surface area contributed by atoms with Gasteiger partial charge in [0.1, 0.15) is 5.15 Å². The van der Waals surface area contributed by atoms with Gasteiger partial charge in [0.25, 0.3) is 0 Å². The summed E-state index contributed by atoms with van der Waals surface area (Å²) in [7, 11) is 0. The average Bonchev–Trinajstić information content (AvgIpc) is 3.50. The molecule has 11 nitrogen and oxygen atoms in total. The smallest absolute Gasteiger partial charge is 0.339 e. The molecule has 9 heterocycles. The van der Waals surface area contributed by atoms with Gasteiger partial charge in [-0.15, -0.1) is 0 Å². The molecule has 4 bridgehead atoms. The summed E-state index contributed by atoms with van der Waals surface area (Å²) in [6.07, 6.45) is 8.98. The zero-order valence-electron chi connectivity index (χ0n) is 31.7. The van der Waals surface area contributed by atoms with Crippen LogP contribution in [0.15, 0.2) is 12.3 Å². The molecule has 10 aliphatic rings. The van der Waals surface area contributed by atoms with E-state index in [2.05, 4.69) is 32.7 Å². The van der Waals surface area contributed by atoms with Crippen molar-refractivity contribution in [3.05, 3.63) is 28.0 Å². The second kappa shape index (κ2) is 13.5. The number of hydrogen-bond donors (Lipinski definition) is 0. The van der Waals surface area contributed by atoms with E-state index in [0.29, 0.717) is 24.7 Å². The number of carbonyl (C=O) groups is 1. The van der Waals surface area contributed by atoms with Crippen molar-refractivity contribution in [3.63, 3.8) is 0 Å². The third-order valence-electron chi connectivity index (χ3n) is 15.2. The number of halogens is 2. The number of hydrogen-bond acceptors (Lipinski definition) is 11. The number of nitrogens with zero attached hydrogens (tertiary/aromatic N) is 1. The largest absolute Gasteiger partial charge is 0.462 e. The van der Waals surface area contributed by atoms with Crippen LogP contribution in [0.2, 0.25) is 10.2 Å². The van der Waals surface area contributed by atoms with Gasteiger partial charge < -0.3 is 23.7 Å². The van der Waals surface area contributed by atoms with Gasteiger partial charge in [-0.1, -0.05) is 50.9 Å². The topological polar surface area (TPSA) is 113 Å². The second-order valence-corrected chi connectivity index (χ2v) is 19.0. The fourth-order valence-electron chi connectivity index (χ4n) is 12.2. The standard InChI is InChI=1S/C40H55Cl2NO10/c1-20-7-9-28-22(3)30(46-35-39(28)26(20)11-14-37(5,48-35)50-52-39)17-24(19-45-34(44)25-13-16-43-33(42)32(25)41)18-31-23(4)29-10-8-21(2)27-12-15-38(6)49-36(47-31)40(27,29)53-51-38/h13,16,20-24,26-31,35-36H,7-12,14-15,17-19H2,1-6H3/t20-,21-,22-,23-,26+,27+,28+,29+,30-,31-,35-,36-,37-,38-,39-,40-/m1/s1. The van der Waals surface area contributed by atoms with Gasteiger partial charge in [-0.2, -0.15) is 0 Å². The predicted octanol–water partition coefficient (Wildman–Crippen LogP) is 8.44. The van der Waals surface area contributed by atoms with Crippen LogP contribution in [-0.4, -0.2) is 65.1 Å². The van der Waals surface area contributed by atoms with E-state index in [-0.39, 0.29) is 76.0 Å². The molecule has 2 saturated carbocycles. The van der Waals surface area contributed by atoms with Crippen LogP contribution in [0.3, 0.4) is 0 Å². The Labute approximate surface area is 322 Å². The molecule has 8 saturated heterocycles. The van der Waals surface area contributed by atoms with Crippen LogP contribution in [0.4, 0.5) is 0 Å². The van der Waals surface area contributed by atoms with Crippen LogP contribution in [0, 0.1) is 53.3 Å². The van der Waals surface area contributed by atoms with Crippen LogP contribution >= 0.6 is 23.2 Å². The van der Waals surface area contributed by atoms with Gasteiger partial charge in [0.05, 0.1) is 29.4 Å². The lowest BCUT2D eigenvalue weighted by Gasteiger charge is -2.61. The number of rotatable bonds is 7. The van der Waals surface area contributed by atoms with Gasteiger partial charge in [-0.05, 0) is 113 Å². The number of esters is 1. The highest BCUT2D eigenvalue weighted by Crippen LogP contribution is 2.63. The average molecular weight is 781 g/mol. The minimum Gasteiger partial charge on any atom is -0.462 e. The first-order valence-corrected chi connectivity index (χ1v) is 20.9. The van der Waals surface area contributed by atoms with E-state index >= 15 is 0 Å². The molecule has 0 unspecified atom stereocenters. The molecular weight excluding hydrogens is 725 g/mol. The van der Waals surface area contributed by atoms with Gasteiger partial charge >= 0.3 is 5.97 Å². The Balaban J connectivity index is 1.00. The first-order valence-electron chi connectivity index (χ1n) is 20.1. The quantitative estimate of drug-likeness (QED) is 0.151. The summed E-state index contributed by atoms with van der Waals surface area (Å²) in [6, 6.07) is 1.53. The maximum atomic E-state index is 13.5. The van der Waals surface area contributed by atoms with Crippen LogP contribution in [0.5, 0.6) is 0 Å². The van der Waals surface area contributed by atoms with E-state index in [4.69, 9.17) is 66.4 Å². The zero-order valence-corrected chi connectivity index (χ0v) is 33.2. The van der Waals surface area contributed by atoms with Crippen molar-refractivity contribution in [3.8, 4) is 0 Å². The number of pyridine rings is 1. The summed E-state index contributed by atoms with van der Waals surface area (Å²) in [5.41, 5.74) is -1.12. The van der Waals surface area contributed by atoms with Crippen molar-refractivity contribution in [2.45, 2.75) is 153 Å². The molecule has 13 heteroatoms.